The van der Waals surface area contributed by atoms with Crippen molar-refractivity contribution < 1.29 is 4.79 Å². The molecule has 0 saturated carbocycles. The molecule has 2 N–H and O–H groups in total. The Morgan fingerprint density at radius 2 is 2.04 bits per heavy atom. The minimum absolute atomic E-state index is 0.152. The van der Waals surface area contributed by atoms with Gasteiger partial charge in [0.05, 0.1) is 0 Å². The summed E-state index contributed by atoms with van der Waals surface area (Å²) >= 11 is 1.49. The van der Waals surface area contributed by atoms with E-state index in [1.54, 1.807) is 6.20 Å². The van der Waals surface area contributed by atoms with Crippen molar-refractivity contribution in [2.24, 2.45) is 0 Å². The van der Waals surface area contributed by atoms with Crippen molar-refractivity contribution in [1.82, 2.24) is 15.2 Å². The predicted octanol–water partition coefficient (Wildman–Crippen LogP) is 3.24. The third kappa shape index (κ3) is 4.77. The maximum Gasteiger partial charge on any atom is 0.321 e. The van der Waals surface area contributed by atoms with Gasteiger partial charge in [-0.2, -0.15) is 0 Å². The summed E-state index contributed by atoms with van der Waals surface area (Å²) in [6.45, 7) is 4.98. The molecule has 0 atom stereocenters. The molecule has 1 aromatic carbocycles. The first-order valence-electron chi connectivity index (χ1n) is 7.95. The van der Waals surface area contributed by atoms with E-state index in [1.807, 2.05) is 13.0 Å². The minimum atomic E-state index is -0.152. The number of nitrogens with zero attached hydrogens (tertiary/aromatic N) is 2. The lowest BCUT2D eigenvalue weighted by atomic mass is 10.0. The number of rotatable bonds is 4. The summed E-state index contributed by atoms with van der Waals surface area (Å²) in [6, 6.07) is 10.6. The van der Waals surface area contributed by atoms with Gasteiger partial charge in [-0.05, 0) is 25.3 Å². The Morgan fingerprint density at radius 1 is 1.30 bits per heavy atom. The van der Waals surface area contributed by atoms with E-state index in [4.69, 9.17) is 0 Å². The zero-order valence-corrected chi connectivity index (χ0v) is 14.1. The molecule has 1 aromatic heterocycles. The smallest absolute Gasteiger partial charge is 0.321 e. The quantitative estimate of drug-likeness (QED) is 0.905. The number of hydrogen-bond donors (Lipinski definition) is 2. The highest BCUT2D eigenvalue weighted by Gasteiger charge is 2.20. The molecule has 5 nitrogen and oxygen atoms in total. The van der Waals surface area contributed by atoms with Crippen LogP contribution in [0.5, 0.6) is 0 Å². The van der Waals surface area contributed by atoms with Crippen LogP contribution in [0.4, 0.5) is 9.93 Å². The van der Waals surface area contributed by atoms with E-state index < -0.39 is 0 Å². The van der Waals surface area contributed by atoms with Gasteiger partial charge in [0.2, 0.25) is 0 Å². The van der Waals surface area contributed by atoms with Crippen LogP contribution in [0.1, 0.15) is 23.3 Å². The fourth-order valence-corrected chi connectivity index (χ4v) is 3.47. The largest absolute Gasteiger partial charge is 0.335 e. The summed E-state index contributed by atoms with van der Waals surface area (Å²) < 4.78 is 0. The maximum absolute atomic E-state index is 12.0. The van der Waals surface area contributed by atoms with Crippen molar-refractivity contribution in [1.29, 1.82) is 0 Å². The van der Waals surface area contributed by atoms with Crippen molar-refractivity contribution in [2.45, 2.75) is 32.4 Å². The van der Waals surface area contributed by atoms with E-state index in [1.165, 1.54) is 16.9 Å². The zero-order valence-electron chi connectivity index (χ0n) is 13.3. The van der Waals surface area contributed by atoms with E-state index in [-0.39, 0.29) is 12.1 Å². The number of aromatic nitrogens is 1. The first-order valence-corrected chi connectivity index (χ1v) is 8.77. The normalized spacial score (nSPS) is 16.2. The lowest BCUT2D eigenvalue weighted by Crippen LogP contribution is -2.45. The van der Waals surface area contributed by atoms with Crippen molar-refractivity contribution in [2.75, 3.05) is 18.4 Å². The SMILES string of the molecule is Cc1cnc(NC(=O)NC2CCN(Cc3ccccc3)CC2)s1. The van der Waals surface area contributed by atoms with Crippen LogP contribution in [0, 0.1) is 6.92 Å². The highest BCUT2D eigenvalue weighted by molar-refractivity contribution is 7.15. The minimum Gasteiger partial charge on any atom is -0.335 e. The van der Waals surface area contributed by atoms with Crippen LogP contribution in [0.25, 0.3) is 0 Å². The number of urea groups is 1. The number of carbonyl (C=O) groups is 1. The molecule has 1 fully saturated rings. The Balaban J connectivity index is 1.41. The van der Waals surface area contributed by atoms with Gasteiger partial charge >= 0.3 is 6.03 Å². The van der Waals surface area contributed by atoms with Crippen molar-refractivity contribution in [3.05, 3.63) is 47.0 Å². The van der Waals surface area contributed by atoms with E-state index >= 15 is 0 Å². The number of likely N-dealkylation sites (tertiary alicyclic amines) is 1. The monoisotopic (exact) mass is 330 g/mol. The molecule has 0 radical (unpaired) electrons. The predicted molar refractivity (Wildman–Crippen MR) is 93.7 cm³/mol. The molecule has 1 aliphatic heterocycles. The Labute approximate surface area is 140 Å². The van der Waals surface area contributed by atoms with E-state index in [2.05, 4.69) is 44.8 Å². The Morgan fingerprint density at radius 3 is 2.70 bits per heavy atom. The molecule has 3 rings (SSSR count). The number of thiazole rings is 1. The molecular formula is C17H22N4OS. The van der Waals surface area contributed by atoms with Crippen LogP contribution in [0.15, 0.2) is 36.5 Å². The van der Waals surface area contributed by atoms with Gasteiger partial charge in [0.1, 0.15) is 0 Å². The average molecular weight is 330 g/mol. The topological polar surface area (TPSA) is 57.3 Å². The van der Waals surface area contributed by atoms with Gasteiger partial charge < -0.3 is 5.32 Å². The molecule has 2 heterocycles. The fourth-order valence-electron chi connectivity index (χ4n) is 2.81. The van der Waals surface area contributed by atoms with Crippen LogP contribution in [-0.2, 0) is 6.54 Å². The number of piperidine rings is 1. The second-order valence-corrected chi connectivity index (χ2v) is 7.15. The van der Waals surface area contributed by atoms with E-state index in [0.29, 0.717) is 5.13 Å². The van der Waals surface area contributed by atoms with Crippen LogP contribution in [-0.4, -0.2) is 35.0 Å². The molecule has 23 heavy (non-hydrogen) atoms. The van der Waals surface area contributed by atoms with Crippen molar-refractivity contribution in [3.63, 3.8) is 0 Å². The fraction of sp³-hybridized carbons (Fsp3) is 0.412. The van der Waals surface area contributed by atoms with Gasteiger partial charge in [-0.15, -0.1) is 11.3 Å². The summed E-state index contributed by atoms with van der Waals surface area (Å²) in [7, 11) is 0. The molecule has 0 unspecified atom stereocenters. The van der Waals surface area contributed by atoms with E-state index in [0.717, 1.165) is 37.4 Å². The zero-order chi connectivity index (χ0) is 16.1. The molecule has 0 bridgehead atoms. The Hall–Kier alpha value is -1.92. The third-order valence-electron chi connectivity index (χ3n) is 4.01. The molecule has 0 spiro atoms. The molecule has 1 aliphatic rings. The average Bonchev–Trinajstić information content (AvgIpc) is 2.95. The third-order valence-corrected chi connectivity index (χ3v) is 4.84. The Kier molecular flexibility index (Phi) is 5.25. The number of benzene rings is 1. The standard InChI is InChI=1S/C17H22N4OS/c1-13-11-18-17(23-13)20-16(22)19-15-7-9-21(10-8-15)12-14-5-3-2-4-6-14/h2-6,11,15H,7-10,12H2,1H3,(H2,18,19,20,22). The molecule has 122 valence electrons. The summed E-state index contributed by atoms with van der Waals surface area (Å²) in [5.41, 5.74) is 1.34. The molecule has 0 aliphatic carbocycles. The molecule has 1 saturated heterocycles. The summed E-state index contributed by atoms with van der Waals surface area (Å²) in [5.74, 6) is 0. The molecule has 6 heteroatoms. The summed E-state index contributed by atoms with van der Waals surface area (Å²) in [5, 5.41) is 6.51. The maximum atomic E-state index is 12.0. The first-order chi connectivity index (χ1) is 11.2. The van der Waals surface area contributed by atoms with Gasteiger partial charge in [-0.1, -0.05) is 30.3 Å². The lowest BCUT2D eigenvalue weighted by molar-refractivity contribution is 0.190. The van der Waals surface area contributed by atoms with Gasteiger partial charge in [0.25, 0.3) is 0 Å². The van der Waals surface area contributed by atoms with Crippen LogP contribution < -0.4 is 10.6 Å². The van der Waals surface area contributed by atoms with Crippen LogP contribution in [0.3, 0.4) is 0 Å². The number of nitrogens with one attached hydrogen (secondary N) is 2. The van der Waals surface area contributed by atoms with Crippen LogP contribution in [0.2, 0.25) is 0 Å². The number of aryl methyl sites for hydroxylation is 1. The van der Waals surface area contributed by atoms with Gasteiger partial charge in [0, 0.05) is 36.8 Å². The lowest BCUT2D eigenvalue weighted by Gasteiger charge is -2.32. The number of amides is 2. The Bertz CT molecular complexity index is 635. The second kappa shape index (κ2) is 7.57. The van der Waals surface area contributed by atoms with Crippen molar-refractivity contribution in [3.8, 4) is 0 Å². The number of hydrogen-bond acceptors (Lipinski definition) is 4. The summed E-state index contributed by atoms with van der Waals surface area (Å²) in [6.07, 6.45) is 3.73. The van der Waals surface area contributed by atoms with E-state index in [9.17, 15) is 4.79 Å². The first kappa shape index (κ1) is 16.0. The second-order valence-electron chi connectivity index (χ2n) is 5.91. The number of carbonyl (C=O) groups excluding carboxylic acids is 1. The highest BCUT2D eigenvalue weighted by Crippen LogP contribution is 2.17. The van der Waals surface area contributed by atoms with Crippen molar-refractivity contribution >= 4 is 22.5 Å². The molecular weight excluding hydrogens is 308 g/mol. The molecule has 2 amide bonds. The van der Waals surface area contributed by atoms with Gasteiger partial charge in [0.15, 0.2) is 5.13 Å². The molecule has 2 aromatic rings. The van der Waals surface area contributed by atoms with Gasteiger partial charge in [-0.25, -0.2) is 9.78 Å². The highest BCUT2D eigenvalue weighted by atomic mass is 32.1. The van der Waals surface area contributed by atoms with Gasteiger partial charge in [-0.3, -0.25) is 10.2 Å². The van der Waals surface area contributed by atoms with Crippen LogP contribution >= 0.6 is 11.3 Å². The summed E-state index contributed by atoms with van der Waals surface area (Å²) in [4.78, 5) is 19.7. The number of anilines is 1.